The smallest absolute Gasteiger partial charge is 0.304 e. The third kappa shape index (κ3) is 10.2. The monoisotopic (exact) mass is 225 g/mol. The Bertz CT molecular complexity index is 208. The highest BCUT2D eigenvalue weighted by molar-refractivity contribution is 7.46. The number of nitrogens with zero attached hydrogens (tertiary/aromatic N) is 1. The summed E-state index contributed by atoms with van der Waals surface area (Å²) in [5.74, 6) is 0. The molecule has 0 aliphatic rings. The van der Waals surface area contributed by atoms with E-state index in [9.17, 15) is 4.57 Å². The second-order valence-corrected chi connectivity index (χ2v) is 5.86. The SMILES string of the molecule is CN(CCOP(=O)(O)O)CC(C)(C)C. The molecule has 0 saturated heterocycles. The molecule has 86 valence electrons. The highest BCUT2D eigenvalue weighted by Crippen LogP contribution is 2.35. The lowest BCUT2D eigenvalue weighted by Crippen LogP contribution is -2.31. The van der Waals surface area contributed by atoms with Crippen molar-refractivity contribution in [3.05, 3.63) is 0 Å². The van der Waals surface area contributed by atoms with E-state index in [1.54, 1.807) is 0 Å². The fraction of sp³-hybridized carbons (Fsp3) is 1.00. The molecule has 0 spiro atoms. The molecule has 0 rings (SSSR count). The van der Waals surface area contributed by atoms with Gasteiger partial charge in [-0.2, -0.15) is 0 Å². The van der Waals surface area contributed by atoms with E-state index in [0.29, 0.717) is 6.54 Å². The molecule has 0 amide bonds. The molecule has 2 N–H and O–H groups in total. The average Bonchev–Trinajstić information content (AvgIpc) is 1.78. The van der Waals surface area contributed by atoms with Gasteiger partial charge < -0.3 is 14.7 Å². The van der Waals surface area contributed by atoms with E-state index in [0.717, 1.165) is 6.54 Å². The predicted molar refractivity (Wildman–Crippen MR) is 54.9 cm³/mol. The number of phosphoric acid groups is 1. The quantitative estimate of drug-likeness (QED) is 0.685. The molecule has 0 aromatic rings. The van der Waals surface area contributed by atoms with Gasteiger partial charge in [-0.3, -0.25) is 4.52 Å². The van der Waals surface area contributed by atoms with Gasteiger partial charge in [0.2, 0.25) is 0 Å². The van der Waals surface area contributed by atoms with Gasteiger partial charge in [0.05, 0.1) is 6.61 Å². The van der Waals surface area contributed by atoms with E-state index in [2.05, 4.69) is 25.3 Å². The van der Waals surface area contributed by atoms with Crippen LogP contribution >= 0.6 is 7.82 Å². The van der Waals surface area contributed by atoms with Gasteiger partial charge in [-0.25, -0.2) is 4.57 Å². The lowest BCUT2D eigenvalue weighted by atomic mass is 9.96. The van der Waals surface area contributed by atoms with E-state index in [1.165, 1.54) is 0 Å². The first-order valence-electron chi connectivity index (χ1n) is 4.49. The van der Waals surface area contributed by atoms with E-state index < -0.39 is 7.82 Å². The highest BCUT2D eigenvalue weighted by atomic mass is 31.2. The zero-order chi connectivity index (χ0) is 11.4. The van der Waals surface area contributed by atoms with Crippen molar-refractivity contribution in [3.63, 3.8) is 0 Å². The van der Waals surface area contributed by atoms with Gasteiger partial charge in [0.1, 0.15) is 0 Å². The Hall–Kier alpha value is 0.0700. The zero-order valence-electron chi connectivity index (χ0n) is 9.23. The summed E-state index contributed by atoms with van der Waals surface area (Å²) < 4.78 is 14.7. The Kier molecular flexibility index (Phi) is 5.26. The van der Waals surface area contributed by atoms with Crippen LogP contribution in [0.2, 0.25) is 0 Å². The van der Waals surface area contributed by atoms with E-state index in [1.807, 2.05) is 11.9 Å². The van der Waals surface area contributed by atoms with Crippen LogP contribution in [0.15, 0.2) is 0 Å². The molecule has 6 heteroatoms. The second-order valence-electron chi connectivity index (χ2n) is 4.62. The van der Waals surface area contributed by atoms with Crippen LogP contribution in [-0.4, -0.2) is 41.4 Å². The molecule has 0 fully saturated rings. The van der Waals surface area contributed by atoms with Crippen molar-refractivity contribution in [2.45, 2.75) is 20.8 Å². The lowest BCUT2D eigenvalue weighted by molar-refractivity contribution is 0.154. The van der Waals surface area contributed by atoms with Crippen LogP contribution in [0.1, 0.15) is 20.8 Å². The highest BCUT2D eigenvalue weighted by Gasteiger charge is 2.16. The van der Waals surface area contributed by atoms with Crippen LogP contribution in [0.3, 0.4) is 0 Å². The van der Waals surface area contributed by atoms with Crippen molar-refractivity contribution >= 4 is 7.82 Å². The molecule has 0 heterocycles. The molecule has 0 atom stereocenters. The molecule has 0 aromatic carbocycles. The summed E-state index contributed by atoms with van der Waals surface area (Å²) in [6.07, 6.45) is 0. The van der Waals surface area contributed by atoms with Crippen molar-refractivity contribution in [2.75, 3.05) is 26.7 Å². The molecular weight excluding hydrogens is 205 g/mol. The fourth-order valence-electron chi connectivity index (χ4n) is 1.20. The van der Waals surface area contributed by atoms with Crippen LogP contribution in [0.5, 0.6) is 0 Å². The summed E-state index contributed by atoms with van der Waals surface area (Å²) in [7, 11) is -2.40. The number of rotatable bonds is 5. The third-order valence-corrected chi connectivity index (χ3v) is 2.00. The molecule has 5 nitrogen and oxygen atoms in total. The Morgan fingerprint density at radius 2 is 1.86 bits per heavy atom. The van der Waals surface area contributed by atoms with Crippen LogP contribution in [0.4, 0.5) is 0 Å². The van der Waals surface area contributed by atoms with Crippen molar-refractivity contribution in [2.24, 2.45) is 5.41 Å². The normalized spacial score (nSPS) is 13.6. The Morgan fingerprint density at radius 3 is 2.21 bits per heavy atom. The summed E-state index contributed by atoms with van der Waals surface area (Å²) in [4.78, 5) is 18.8. The Balaban J connectivity index is 3.66. The molecule has 0 bridgehead atoms. The van der Waals surface area contributed by atoms with Crippen molar-refractivity contribution in [1.29, 1.82) is 0 Å². The molecular formula is C8H20NO4P. The third-order valence-electron chi connectivity index (χ3n) is 1.48. The van der Waals surface area contributed by atoms with Crippen LogP contribution in [0, 0.1) is 5.41 Å². The molecule has 0 saturated carbocycles. The number of likely N-dealkylation sites (N-methyl/N-ethyl adjacent to an activating group) is 1. The minimum absolute atomic E-state index is 0.0524. The van der Waals surface area contributed by atoms with Gasteiger partial charge in [-0.15, -0.1) is 0 Å². The summed E-state index contributed by atoms with van der Waals surface area (Å²) in [5.41, 5.74) is 0.177. The molecule has 0 aliphatic heterocycles. The van der Waals surface area contributed by atoms with Crippen molar-refractivity contribution < 1.29 is 18.9 Å². The second kappa shape index (κ2) is 5.24. The molecule has 14 heavy (non-hydrogen) atoms. The molecule has 0 aromatic heterocycles. The van der Waals surface area contributed by atoms with E-state index in [-0.39, 0.29) is 12.0 Å². The van der Waals surface area contributed by atoms with Gasteiger partial charge in [0.15, 0.2) is 0 Å². The largest absolute Gasteiger partial charge is 0.469 e. The zero-order valence-corrected chi connectivity index (χ0v) is 10.1. The maximum Gasteiger partial charge on any atom is 0.469 e. The first-order valence-corrected chi connectivity index (χ1v) is 6.02. The minimum Gasteiger partial charge on any atom is -0.304 e. The van der Waals surface area contributed by atoms with Crippen molar-refractivity contribution in [1.82, 2.24) is 4.90 Å². The lowest BCUT2D eigenvalue weighted by Gasteiger charge is -2.26. The number of phosphoric ester groups is 1. The Morgan fingerprint density at radius 1 is 1.36 bits per heavy atom. The van der Waals surface area contributed by atoms with E-state index >= 15 is 0 Å². The first-order chi connectivity index (χ1) is 6.10. The van der Waals surface area contributed by atoms with E-state index in [4.69, 9.17) is 9.79 Å². The van der Waals surface area contributed by atoms with Crippen LogP contribution in [-0.2, 0) is 9.09 Å². The van der Waals surface area contributed by atoms with Gasteiger partial charge in [-0.05, 0) is 12.5 Å². The molecule has 0 unspecified atom stereocenters. The summed E-state index contributed by atoms with van der Waals surface area (Å²) in [5, 5.41) is 0. The first kappa shape index (κ1) is 14.1. The molecule has 0 aliphatic carbocycles. The van der Waals surface area contributed by atoms with Crippen LogP contribution < -0.4 is 0 Å². The number of hydrogen-bond donors (Lipinski definition) is 2. The summed E-state index contributed by atoms with van der Waals surface area (Å²) >= 11 is 0. The minimum atomic E-state index is -4.30. The predicted octanol–water partition coefficient (Wildman–Crippen LogP) is 1.07. The fourth-order valence-corrected chi connectivity index (χ4v) is 1.52. The van der Waals surface area contributed by atoms with Crippen molar-refractivity contribution in [3.8, 4) is 0 Å². The van der Waals surface area contributed by atoms with Gasteiger partial charge in [0, 0.05) is 13.1 Å². The maximum atomic E-state index is 10.4. The van der Waals surface area contributed by atoms with Gasteiger partial charge in [-0.1, -0.05) is 20.8 Å². The number of hydrogen-bond acceptors (Lipinski definition) is 3. The van der Waals surface area contributed by atoms with Gasteiger partial charge >= 0.3 is 7.82 Å². The molecule has 0 radical (unpaired) electrons. The van der Waals surface area contributed by atoms with Gasteiger partial charge in [0.25, 0.3) is 0 Å². The average molecular weight is 225 g/mol. The summed E-state index contributed by atoms with van der Waals surface area (Å²) in [6, 6.07) is 0. The van der Waals surface area contributed by atoms with Crippen LogP contribution in [0.25, 0.3) is 0 Å². The Labute approximate surface area is 85.3 Å². The topological polar surface area (TPSA) is 70.0 Å². The maximum absolute atomic E-state index is 10.4. The summed E-state index contributed by atoms with van der Waals surface area (Å²) in [6.45, 7) is 7.74. The standard InChI is InChI=1S/C8H20NO4P/c1-8(2,3)7-9(4)5-6-13-14(10,11)12/h5-7H2,1-4H3,(H2,10,11,12).